The van der Waals surface area contributed by atoms with Gasteiger partial charge in [-0.3, -0.25) is 0 Å². The lowest BCUT2D eigenvalue weighted by molar-refractivity contribution is 0.571. The highest BCUT2D eigenvalue weighted by molar-refractivity contribution is 9.10. The minimum atomic E-state index is 0.0736. The van der Waals surface area contributed by atoms with E-state index in [4.69, 9.17) is 5.26 Å². The van der Waals surface area contributed by atoms with E-state index < -0.39 is 0 Å². The Morgan fingerprint density at radius 1 is 1.40 bits per heavy atom. The van der Waals surface area contributed by atoms with Crippen molar-refractivity contribution < 1.29 is 0 Å². The number of nitrogens with one attached hydrogen (secondary N) is 1. The highest BCUT2D eigenvalue weighted by Gasteiger charge is 2.17. The Hall–Kier alpha value is -1.38. The molecule has 1 heterocycles. The van der Waals surface area contributed by atoms with Crippen LogP contribution in [0.25, 0.3) is 0 Å². The van der Waals surface area contributed by atoms with E-state index in [-0.39, 0.29) is 5.41 Å². The van der Waals surface area contributed by atoms with E-state index in [1.165, 1.54) is 0 Å². The Morgan fingerprint density at radius 3 is 2.75 bits per heavy atom. The van der Waals surface area contributed by atoms with Crippen LogP contribution in [0.5, 0.6) is 0 Å². The van der Waals surface area contributed by atoms with Gasteiger partial charge in [0, 0.05) is 15.3 Å². The highest BCUT2D eigenvalue weighted by Crippen LogP contribution is 2.25. The maximum Gasteiger partial charge on any atom is 0.112 e. The number of aromatic nitrogens is 1. The summed E-state index contributed by atoms with van der Waals surface area (Å²) in [6, 6.07) is 7.83. The van der Waals surface area contributed by atoms with Crippen LogP contribution in [0, 0.1) is 11.3 Å². The number of halogens is 1. The molecule has 3 nitrogen and oxygen atoms in total. The van der Waals surface area contributed by atoms with E-state index in [0.29, 0.717) is 12.1 Å². The number of thiazole rings is 1. The molecule has 0 spiro atoms. The first kappa shape index (κ1) is 15.0. The van der Waals surface area contributed by atoms with E-state index in [1.807, 2.05) is 18.2 Å². The second kappa shape index (κ2) is 5.94. The molecule has 0 fully saturated rings. The third-order valence-corrected chi connectivity index (χ3v) is 4.19. The summed E-state index contributed by atoms with van der Waals surface area (Å²) in [7, 11) is 0. The number of benzene rings is 1. The van der Waals surface area contributed by atoms with Crippen LogP contribution in [0.4, 0.5) is 5.69 Å². The number of rotatable bonds is 3. The van der Waals surface area contributed by atoms with Gasteiger partial charge in [0.25, 0.3) is 0 Å². The maximum absolute atomic E-state index is 9.13. The Morgan fingerprint density at radius 2 is 2.15 bits per heavy atom. The molecule has 20 heavy (non-hydrogen) atoms. The van der Waals surface area contributed by atoms with Gasteiger partial charge in [0.1, 0.15) is 11.1 Å². The van der Waals surface area contributed by atoms with Gasteiger partial charge in [-0.2, -0.15) is 5.26 Å². The Labute approximate surface area is 131 Å². The molecule has 0 aliphatic carbocycles. The lowest BCUT2D eigenvalue weighted by Gasteiger charge is -2.14. The van der Waals surface area contributed by atoms with Gasteiger partial charge in [0.05, 0.1) is 23.5 Å². The molecule has 1 aromatic carbocycles. The molecule has 5 heteroatoms. The van der Waals surface area contributed by atoms with Crippen LogP contribution >= 0.6 is 27.3 Å². The fraction of sp³-hybridized carbons (Fsp3) is 0.333. The van der Waals surface area contributed by atoms with E-state index in [9.17, 15) is 0 Å². The standard InChI is InChI=1S/C15H16BrN3S/c1-15(2,3)13-9-20-14(19-13)8-18-12-5-4-11(16)6-10(12)7-17/h4-6,9,18H,8H2,1-3H3. The third kappa shape index (κ3) is 3.59. The predicted molar refractivity (Wildman–Crippen MR) is 87.0 cm³/mol. The second-order valence-corrected chi connectivity index (χ2v) is 7.39. The largest absolute Gasteiger partial charge is 0.377 e. The normalized spacial score (nSPS) is 11.2. The van der Waals surface area contributed by atoms with Crippen LogP contribution in [0.2, 0.25) is 0 Å². The first-order valence-corrected chi connectivity index (χ1v) is 7.96. The van der Waals surface area contributed by atoms with Crippen LogP contribution in [0.15, 0.2) is 28.1 Å². The summed E-state index contributed by atoms with van der Waals surface area (Å²) in [5, 5.41) is 15.5. The zero-order valence-corrected chi connectivity index (χ0v) is 14.1. The van der Waals surface area contributed by atoms with Gasteiger partial charge in [-0.15, -0.1) is 11.3 Å². The van der Waals surface area contributed by atoms with Gasteiger partial charge < -0.3 is 5.32 Å². The van der Waals surface area contributed by atoms with Gasteiger partial charge >= 0.3 is 0 Å². The monoisotopic (exact) mass is 349 g/mol. The van der Waals surface area contributed by atoms with Crippen molar-refractivity contribution in [3.8, 4) is 6.07 Å². The molecule has 104 valence electrons. The van der Waals surface area contributed by atoms with Gasteiger partial charge in [-0.1, -0.05) is 36.7 Å². The molecule has 1 N–H and O–H groups in total. The zero-order chi connectivity index (χ0) is 14.8. The summed E-state index contributed by atoms with van der Waals surface area (Å²) in [4.78, 5) is 4.63. The van der Waals surface area contributed by atoms with Crippen LogP contribution in [0.1, 0.15) is 37.0 Å². The van der Waals surface area contributed by atoms with E-state index in [2.05, 4.69) is 58.5 Å². The Kier molecular flexibility index (Phi) is 4.46. The lowest BCUT2D eigenvalue weighted by atomic mass is 9.93. The topological polar surface area (TPSA) is 48.7 Å². The average Bonchev–Trinajstić information content (AvgIpc) is 2.86. The van der Waals surface area contributed by atoms with Crippen LogP contribution in [0.3, 0.4) is 0 Å². The Bertz CT molecular complexity index is 650. The summed E-state index contributed by atoms with van der Waals surface area (Å²) in [6.45, 7) is 7.10. The summed E-state index contributed by atoms with van der Waals surface area (Å²) in [5.74, 6) is 0. The van der Waals surface area contributed by atoms with Crippen molar-refractivity contribution in [3.05, 3.63) is 44.3 Å². The molecule has 0 aliphatic heterocycles. The van der Waals surface area contributed by atoms with Crippen LogP contribution in [-0.4, -0.2) is 4.98 Å². The molecule has 0 radical (unpaired) electrons. The number of hydrogen-bond donors (Lipinski definition) is 1. The van der Waals surface area contributed by atoms with Gasteiger partial charge in [0.2, 0.25) is 0 Å². The van der Waals surface area contributed by atoms with E-state index in [1.54, 1.807) is 11.3 Å². The maximum atomic E-state index is 9.13. The molecule has 2 rings (SSSR count). The van der Waals surface area contributed by atoms with Gasteiger partial charge in [-0.05, 0) is 18.2 Å². The quantitative estimate of drug-likeness (QED) is 0.874. The summed E-state index contributed by atoms with van der Waals surface area (Å²) in [5.41, 5.74) is 2.65. The first-order valence-electron chi connectivity index (χ1n) is 6.28. The van der Waals surface area contributed by atoms with Crippen molar-refractivity contribution in [2.45, 2.75) is 32.7 Å². The fourth-order valence-corrected chi connectivity index (χ4v) is 2.99. The number of anilines is 1. The zero-order valence-electron chi connectivity index (χ0n) is 11.7. The second-order valence-electron chi connectivity index (χ2n) is 5.53. The van der Waals surface area contributed by atoms with E-state index >= 15 is 0 Å². The molecule has 0 atom stereocenters. The molecule has 1 aromatic heterocycles. The Balaban J connectivity index is 2.10. The molecule has 0 bridgehead atoms. The van der Waals surface area contributed by atoms with Crippen molar-refractivity contribution >= 4 is 33.0 Å². The van der Waals surface area contributed by atoms with Crippen molar-refractivity contribution in [1.29, 1.82) is 5.26 Å². The number of nitriles is 1. The van der Waals surface area contributed by atoms with Gasteiger partial charge in [0.15, 0.2) is 0 Å². The van der Waals surface area contributed by atoms with Crippen LogP contribution < -0.4 is 5.32 Å². The molecule has 0 unspecified atom stereocenters. The van der Waals surface area contributed by atoms with E-state index in [0.717, 1.165) is 20.9 Å². The molecular formula is C15H16BrN3S. The lowest BCUT2D eigenvalue weighted by Crippen LogP contribution is -2.12. The molecular weight excluding hydrogens is 334 g/mol. The minimum Gasteiger partial charge on any atom is -0.377 e. The molecule has 0 amide bonds. The van der Waals surface area contributed by atoms with Crippen molar-refractivity contribution in [2.24, 2.45) is 0 Å². The van der Waals surface area contributed by atoms with Crippen LogP contribution in [-0.2, 0) is 12.0 Å². The summed E-state index contributed by atoms with van der Waals surface area (Å²) < 4.78 is 0.906. The molecule has 0 saturated carbocycles. The number of hydrogen-bond acceptors (Lipinski definition) is 4. The highest BCUT2D eigenvalue weighted by atomic mass is 79.9. The molecule has 2 aromatic rings. The summed E-state index contributed by atoms with van der Waals surface area (Å²) in [6.07, 6.45) is 0. The van der Waals surface area contributed by atoms with Gasteiger partial charge in [-0.25, -0.2) is 4.98 Å². The fourth-order valence-electron chi connectivity index (χ4n) is 1.67. The molecule has 0 aliphatic rings. The van der Waals surface area contributed by atoms with Crippen molar-refractivity contribution in [2.75, 3.05) is 5.32 Å². The molecule has 0 saturated heterocycles. The minimum absolute atomic E-state index is 0.0736. The van der Waals surface area contributed by atoms with Crippen molar-refractivity contribution in [3.63, 3.8) is 0 Å². The van der Waals surface area contributed by atoms with Crippen molar-refractivity contribution in [1.82, 2.24) is 4.98 Å². The predicted octanol–water partition coefficient (Wildman–Crippen LogP) is 4.69. The SMILES string of the molecule is CC(C)(C)c1csc(CNc2ccc(Br)cc2C#N)n1. The average molecular weight is 350 g/mol. The first-order chi connectivity index (χ1) is 9.40. The smallest absolute Gasteiger partial charge is 0.112 e. The summed E-state index contributed by atoms with van der Waals surface area (Å²) >= 11 is 5.02. The number of nitrogens with zero attached hydrogens (tertiary/aromatic N) is 2. The third-order valence-electron chi connectivity index (χ3n) is 2.85.